The molecule has 0 saturated carbocycles. The van der Waals surface area contributed by atoms with E-state index >= 15 is 0 Å². The topological polar surface area (TPSA) is 122 Å². The van der Waals surface area contributed by atoms with Gasteiger partial charge in [0.15, 0.2) is 0 Å². The Labute approximate surface area is 223 Å². The summed E-state index contributed by atoms with van der Waals surface area (Å²) in [6.07, 6.45) is 2.59. The summed E-state index contributed by atoms with van der Waals surface area (Å²) in [4.78, 5) is 13.2. The van der Waals surface area contributed by atoms with Crippen molar-refractivity contribution in [2.24, 2.45) is 0 Å². The van der Waals surface area contributed by atoms with E-state index in [1.807, 2.05) is 26.0 Å². The number of hydrogen-bond donors (Lipinski definition) is 2. The highest BCUT2D eigenvalue weighted by molar-refractivity contribution is 7.92. The normalized spacial score (nSPS) is 14.6. The first-order chi connectivity index (χ1) is 18.0. The molecule has 38 heavy (non-hydrogen) atoms. The fourth-order valence-electron chi connectivity index (χ4n) is 4.24. The van der Waals surface area contributed by atoms with Crippen LogP contribution in [0.15, 0.2) is 70.5 Å². The van der Waals surface area contributed by atoms with E-state index < -0.39 is 26.0 Å². The summed E-state index contributed by atoms with van der Waals surface area (Å²) in [5.41, 5.74) is 2.61. The van der Waals surface area contributed by atoms with Crippen LogP contribution in [-0.2, 0) is 20.0 Å². The van der Waals surface area contributed by atoms with Gasteiger partial charge in [-0.3, -0.25) is 9.52 Å². The van der Waals surface area contributed by atoms with Gasteiger partial charge in [-0.15, -0.1) is 0 Å². The molecule has 1 aliphatic rings. The zero-order chi connectivity index (χ0) is 27.5. The van der Waals surface area contributed by atoms with Gasteiger partial charge >= 0.3 is 0 Å². The van der Waals surface area contributed by atoms with Crippen molar-refractivity contribution in [3.63, 3.8) is 0 Å². The number of hydrogen-bond acceptors (Lipinski definition) is 6. The predicted molar refractivity (Wildman–Crippen MR) is 147 cm³/mol. The SMILES string of the molecule is COc1ccc(S(=O)(=O)N2CCCCC2)cc1C(=O)Nc1ccc(S(=O)(=O)Nc2cc(C)ccc2C)cc1. The molecule has 4 rings (SSSR count). The zero-order valence-electron chi connectivity index (χ0n) is 21.5. The molecule has 1 aliphatic heterocycles. The smallest absolute Gasteiger partial charge is 0.261 e. The minimum absolute atomic E-state index is 0.0179. The number of benzene rings is 3. The van der Waals surface area contributed by atoms with Crippen molar-refractivity contribution in [3.05, 3.63) is 77.4 Å². The Morgan fingerprint density at radius 3 is 2.16 bits per heavy atom. The van der Waals surface area contributed by atoms with Crippen molar-refractivity contribution < 1.29 is 26.4 Å². The van der Waals surface area contributed by atoms with Crippen molar-refractivity contribution in [2.45, 2.75) is 42.9 Å². The molecular weight excluding hydrogens is 526 g/mol. The first kappa shape index (κ1) is 27.6. The Bertz CT molecular complexity index is 1550. The van der Waals surface area contributed by atoms with Crippen LogP contribution >= 0.6 is 0 Å². The average molecular weight is 558 g/mol. The van der Waals surface area contributed by atoms with Crippen LogP contribution in [0, 0.1) is 13.8 Å². The van der Waals surface area contributed by atoms with Gasteiger partial charge in [-0.2, -0.15) is 4.31 Å². The number of carbonyl (C=O) groups excluding carboxylic acids is 1. The number of methoxy groups -OCH3 is 1. The Morgan fingerprint density at radius 1 is 0.842 bits per heavy atom. The highest BCUT2D eigenvalue weighted by Gasteiger charge is 2.28. The van der Waals surface area contributed by atoms with Gasteiger partial charge in [-0.25, -0.2) is 16.8 Å². The number of ether oxygens (including phenoxy) is 1. The Kier molecular flexibility index (Phi) is 8.10. The number of piperidine rings is 1. The summed E-state index contributed by atoms with van der Waals surface area (Å²) in [6, 6.07) is 15.4. The number of anilines is 2. The van der Waals surface area contributed by atoms with Crippen LogP contribution in [0.2, 0.25) is 0 Å². The molecule has 0 spiro atoms. The molecule has 0 atom stereocenters. The third-order valence-electron chi connectivity index (χ3n) is 6.43. The largest absolute Gasteiger partial charge is 0.496 e. The number of carbonyl (C=O) groups is 1. The molecule has 0 radical (unpaired) electrons. The maximum absolute atomic E-state index is 13.1. The van der Waals surface area contributed by atoms with Gasteiger partial charge in [0, 0.05) is 18.8 Å². The number of sulfonamides is 2. The van der Waals surface area contributed by atoms with Crippen LogP contribution in [0.5, 0.6) is 5.75 Å². The van der Waals surface area contributed by atoms with Crippen LogP contribution in [0.25, 0.3) is 0 Å². The van der Waals surface area contributed by atoms with E-state index in [1.54, 1.807) is 6.07 Å². The van der Waals surface area contributed by atoms with Gasteiger partial charge in [0.1, 0.15) is 5.75 Å². The van der Waals surface area contributed by atoms with E-state index in [0.29, 0.717) is 24.5 Å². The Balaban J connectivity index is 1.53. The zero-order valence-corrected chi connectivity index (χ0v) is 23.2. The Morgan fingerprint density at radius 2 is 1.50 bits per heavy atom. The average Bonchev–Trinajstić information content (AvgIpc) is 2.91. The molecule has 1 heterocycles. The van der Waals surface area contributed by atoms with Crippen LogP contribution in [0.1, 0.15) is 40.7 Å². The molecule has 0 aliphatic carbocycles. The summed E-state index contributed by atoms with van der Waals surface area (Å²) in [5, 5.41) is 2.69. The first-order valence-electron chi connectivity index (χ1n) is 12.2. The molecular formula is C27H31N3O6S2. The Hall–Kier alpha value is -3.41. The molecule has 2 N–H and O–H groups in total. The minimum Gasteiger partial charge on any atom is -0.496 e. The van der Waals surface area contributed by atoms with Gasteiger partial charge in [-0.05, 0) is 86.3 Å². The molecule has 9 nitrogen and oxygen atoms in total. The fraction of sp³-hybridized carbons (Fsp3) is 0.296. The van der Waals surface area contributed by atoms with Crippen molar-refractivity contribution >= 4 is 37.3 Å². The van der Waals surface area contributed by atoms with E-state index in [9.17, 15) is 21.6 Å². The second kappa shape index (κ2) is 11.1. The third kappa shape index (κ3) is 6.01. The molecule has 1 fully saturated rings. The number of aryl methyl sites for hydroxylation is 2. The van der Waals surface area contributed by atoms with Crippen LogP contribution < -0.4 is 14.8 Å². The van der Waals surface area contributed by atoms with Gasteiger partial charge < -0.3 is 10.1 Å². The molecule has 1 amide bonds. The van der Waals surface area contributed by atoms with E-state index in [1.165, 1.54) is 53.9 Å². The first-order valence-corrected chi connectivity index (χ1v) is 15.1. The van der Waals surface area contributed by atoms with E-state index in [2.05, 4.69) is 10.0 Å². The number of nitrogens with zero attached hydrogens (tertiary/aromatic N) is 1. The number of rotatable bonds is 8. The van der Waals surface area contributed by atoms with Crippen molar-refractivity contribution in [2.75, 3.05) is 30.2 Å². The molecule has 202 valence electrons. The molecule has 0 aromatic heterocycles. The lowest BCUT2D eigenvalue weighted by atomic mass is 10.1. The van der Waals surface area contributed by atoms with Crippen molar-refractivity contribution in [1.29, 1.82) is 0 Å². The standard InChI is InChI=1S/C27H31N3O6S2/c1-19-7-8-20(2)25(17-19)29-37(32,33)22-11-9-21(10-12-22)28-27(31)24-18-23(13-14-26(24)36-3)38(34,35)30-15-5-4-6-16-30/h7-14,17-18,29H,4-6,15-16H2,1-3H3,(H,28,31). The predicted octanol–water partition coefficient (Wildman–Crippen LogP) is 4.54. The molecule has 3 aromatic rings. The molecule has 1 saturated heterocycles. The van der Waals surface area contributed by atoms with Crippen molar-refractivity contribution in [3.8, 4) is 5.75 Å². The van der Waals surface area contributed by atoms with E-state index in [4.69, 9.17) is 4.74 Å². The second-order valence-electron chi connectivity index (χ2n) is 9.23. The molecule has 3 aromatic carbocycles. The number of amides is 1. The van der Waals surface area contributed by atoms with Gasteiger partial charge in [0.05, 0.1) is 28.2 Å². The lowest BCUT2D eigenvalue weighted by molar-refractivity contribution is 0.102. The number of nitrogens with one attached hydrogen (secondary N) is 2. The molecule has 11 heteroatoms. The summed E-state index contributed by atoms with van der Waals surface area (Å²) < 4.78 is 61.3. The van der Waals surface area contributed by atoms with Crippen LogP contribution in [-0.4, -0.2) is 47.2 Å². The van der Waals surface area contributed by atoms with E-state index in [-0.39, 0.29) is 21.1 Å². The summed E-state index contributed by atoms with van der Waals surface area (Å²) >= 11 is 0. The fourth-order valence-corrected chi connectivity index (χ4v) is 6.91. The third-order valence-corrected chi connectivity index (χ3v) is 9.70. The van der Waals surface area contributed by atoms with Gasteiger partial charge in [0.25, 0.3) is 15.9 Å². The van der Waals surface area contributed by atoms with Crippen LogP contribution in [0.4, 0.5) is 11.4 Å². The van der Waals surface area contributed by atoms with E-state index in [0.717, 1.165) is 30.4 Å². The lowest BCUT2D eigenvalue weighted by Crippen LogP contribution is -2.35. The van der Waals surface area contributed by atoms with Gasteiger partial charge in [-0.1, -0.05) is 18.6 Å². The lowest BCUT2D eigenvalue weighted by Gasteiger charge is -2.26. The van der Waals surface area contributed by atoms with Crippen molar-refractivity contribution in [1.82, 2.24) is 4.31 Å². The molecule has 0 bridgehead atoms. The van der Waals surface area contributed by atoms with Gasteiger partial charge in [0.2, 0.25) is 10.0 Å². The quantitative estimate of drug-likeness (QED) is 0.419. The minimum atomic E-state index is -3.85. The summed E-state index contributed by atoms with van der Waals surface area (Å²) in [7, 11) is -6.20. The highest BCUT2D eigenvalue weighted by Crippen LogP contribution is 2.28. The molecule has 0 unspecified atom stereocenters. The maximum Gasteiger partial charge on any atom is 0.261 e. The summed E-state index contributed by atoms with van der Waals surface area (Å²) in [5.74, 6) is -0.362. The van der Waals surface area contributed by atoms with Crippen LogP contribution in [0.3, 0.4) is 0 Å². The highest BCUT2D eigenvalue weighted by atomic mass is 32.2. The summed E-state index contributed by atoms with van der Waals surface area (Å²) in [6.45, 7) is 4.59. The monoisotopic (exact) mass is 557 g/mol. The second-order valence-corrected chi connectivity index (χ2v) is 12.8. The maximum atomic E-state index is 13.1.